The van der Waals surface area contributed by atoms with Gasteiger partial charge in [-0.2, -0.15) is 0 Å². The molecule has 14 nitrogen and oxygen atoms in total. The van der Waals surface area contributed by atoms with E-state index >= 15 is 0 Å². The molecule has 0 aromatic heterocycles. The van der Waals surface area contributed by atoms with E-state index in [1.807, 2.05) is 38.8 Å². The number of aryl methyl sites for hydroxylation is 1. The van der Waals surface area contributed by atoms with Crippen molar-refractivity contribution in [3.63, 3.8) is 0 Å². The Morgan fingerprint density at radius 1 is 1.04 bits per heavy atom. The number of nitrogens with one attached hydrogen (secondary N) is 1. The number of esters is 2. The van der Waals surface area contributed by atoms with Gasteiger partial charge in [-0.1, -0.05) is 6.07 Å². The van der Waals surface area contributed by atoms with Crippen molar-refractivity contribution in [1.82, 2.24) is 15.1 Å². The van der Waals surface area contributed by atoms with Crippen LogP contribution in [0.25, 0.3) is 0 Å². The van der Waals surface area contributed by atoms with E-state index in [-0.39, 0.29) is 36.4 Å². The Morgan fingerprint density at radius 2 is 1.80 bits per heavy atom. The number of thioether (sulfide) groups is 1. The summed E-state index contributed by atoms with van der Waals surface area (Å²) in [6.45, 7) is 7.13. The summed E-state index contributed by atoms with van der Waals surface area (Å²) in [5.41, 5.74) is 3.00. The van der Waals surface area contributed by atoms with Crippen molar-refractivity contribution in [2.24, 2.45) is 0 Å². The quantitative estimate of drug-likeness (QED) is 0.225. The molecule has 7 atom stereocenters. The number of carbonyl (C=O) groups is 2. The number of nitrogens with zero attached hydrogens (tertiary/aromatic N) is 2. The minimum Gasteiger partial charge on any atom is -0.504 e. The summed E-state index contributed by atoms with van der Waals surface area (Å²) in [6.07, 6.45) is -0.0761. The second kappa shape index (κ2) is 12.5. The zero-order valence-electron chi connectivity index (χ0n) is 31.8. The highest BCUT2D eigenvalue weighted by molar-refractivity contribution is 7.99. The maximum atomic E-state index is 14.8. The van der Waals surface area contributed by atoms with Gasteiger partial charge < -0.3 is 43.7 Å². The number of rotatable bonds is 3. The van der Waals surface area contributed by atoms with E-state index in [0.717, 1.165) is 16.7 Å². The van der Waals surface area contributed by atoms with Gasteiger partial charge in [0.2, 0.25) is 6.79 Å². The van der Waals surface area contributed by atoms with Crippen molar-refractivity contribution in [3.8, 4) is 40.2 Å². The lowest BCUT2D eigenvalue weighted by molar-refractivity contribution is -0.211. The fraction of sp³-hybridized carbons (Fsp3) is 0.500. The normalized spacial score (nSPS) is 30.5. The van der Waals surface area contributed by atoms with Gasteiger partial charge in [0.1, 0.15) is 18.6 Å². The highest BCUT2D eigenvalue weighted by Crippen LogP contribution is 2.66. The lowest BCUT2D eigenvalue weighted by atomic mass is 9.69. The van der Waals surface area contributed by atoms with E-state index in [0.29, 0.717) is 70.2 Å². The number of carbonyl (C=O) groups excluding carboxylic acids is 2. The van der Waals surface area contributed by atoms with E-state index in [4.69, 9.17) is 28.4 Å². The number of aromatic hydroxyl groups is 2. The molecule has 0 aliphatic carbocycles. The number of phenols is 2. The third-order valence-electron chi connectivity index (χ3n) is 12.7. The van der Waals surface area contributed by atoms with Gasteiger partial charge in [-0.15, -0.1) is 11.8 Å². The Morgan fingerprint density at radius 3 is 2.53 bits per heavy atom. The second-order valence-corrected chi connectivity index (χ2v) is 16.7. The van der Waals surface area contributed by atoms with Crippen LogP contribution in [0.1, 0.15) is 69.6 Å². The molecule has 10 rings (SSSR count). The average molecular weight is 776 g/mol. The molecule has 0 saturated carbocycles. The summed E-state index contributed by atoms with van der Waals surface area (Å²) >= 11 is 1.47. The third-order valence-corrected chi connectivity index (χ3v) is 14.2. The lowest BCUT2D eigenvalue weighted by Crippen LogP contribution is -2.74. The molecular formula is C40H45N3O11S. The smallest absolute Gasteiger partial charge is 0.331 e. The zero-order valence-corrected chi connectivity index (χ0v) is 32.6. The largest absolute Gasteiger partial charge is 0.504 e. The Hall–Kier alpha value is -4.41. The van der Waals surface area contributed by atoms with Crippen LogP contribution in [-0.2, 0) is 38.2 Å². The SMILES string of the molecule is COc1cc2c(cc1O)CCN[C@]21CS[C@@H]2c3c(OC(C)=O)c(C)c4c(c3C(C)(COC1=O)N1[C@@H]2C2c3c(cc(C)c(OC)c3O)CC([C@@H]1O)N2C)OCO4. The monoisotopic (exact) mass is 775 g/mol. The molecule has 7 aliphatic rings. The van der Waals surface area contributed by atoms with Crippen molar-refractivity contribution in [2.45, 2.75) is 81.2 Å². The number of aliphatic hydroxyl groups excluding tert-OH is 1. The maximum absolute atomic E-state index is 14.8. The third kappa shape index (κ3) is 4.82. The van der Waals surface area contributed by atoms with E-state index < -0.39 is 52.6 Å². The van der Waals surface area contributed by atoms with Gasteiger partial charge in [-0.05, 0) is 75.0 Å². The predicted octanol–water partition coefficient (Wildman–Crippen LogP) is 3.59. The predicted molar refractivity (Wildman–Crippen MR) is 199 cm³/mol. The number of hydrogen-bond acceptors (Lipinski definition) is 15. The molecule has 3 aromatic rings. The van der Waals surface area contributed by atoms with Gasteiger partial charge in [0.15, 0.2) is 40.0 Å². The summed E-state index contributed by atoms with van der Waals surface area (Å²) in [5, 5.41) is 38.4. The molecule has 0 radical (unpaired) electrons. The summed E-state index contributed by atoms with van der Waals surface area (Å²) in [7, 11) is 4.96. The number of piperazine rings is 1. The molecule has 15 heteroatoms. The van der Waals surface area contributed by atoms with E-state index in [1.54, 1.807) is 12.1 Å². The molecule has 3 aromatic carbocycles. The number of phenolic OH excluding ortho intramolecular Hbond substituents is 2. The van der Waals surface area contributed by atoms with Crippen LogP contribution in [-0.4, -0.2) is 102 Å². The molecule has 55 heavy (non-hydrogen) atoms. The zero-order chi connectivity index (χ0) is 38.9. The van der Waals surface area contributed by atoms with Crippen LogP contribution in [0.5, 0.6) is 40.2 Å². The Kier molecular flexibility index (Phi) is 8.27. The topological polar surface area (TPSA) is 169 Å². The number of methoxy groups -OCH3 is 2. The fourth-order valence-electron chi connectivity index (χ4n) is 10.4. The molecule has 7 heterocycles. The number of benzene rings is 3. The number of fused-ring (bicyclic) bond motifs is 9. The number of likely N-dealkylation sites (N-methyl/N-ethyl adjacent to an activating group) is 1. The fourth-order valence-corrected chi connectivity index (χ4v) is 12.0. The summed E-state index contributed by atoms with van der Waals surface area (Å²) in [4.78, 5) is 32.0. The van der Waals surface area contributed by atoms with Crippen molar-refractivity contribution >= 4 is 23.7 Å². The van der Waals surface area contributed by atoms with E-state index in [2.05, 4.69) is 10.2 Å². The Balaban J connectivity index is 1.35. The van der Waals surface area contributed by atoms with Crippen LogP contribution < -0.4 is 29.0 Å². The highest BCUT2D eigenvalue weighted by atomic mass is 32.2. The Labute approximate surface area is 322 Å². The lowest BCUT2D eigenvalue weighted by Gasteiger charge is -2.65. The molecular weight excluding hydrogens is 731 g/mol. The van der Waals surface area contributed by atoms with Crippen molar-refractivity contribution in [3.05, 3.63) is 62.7 Å². The van der Waals surface area contributed by atoms with Crippen molar-refractivity contribution in [1.29, 1.82) is 0 Å². The van der Waals surface area contributed by atoms with Crippen LogP contribution in [0.3, 0.4) is 0 Å². The standard InChI is InChI=1S/C40H45N3O11S/c1-17-10-21-11-23-37(47)43-30(29(42(23)5)26(21)31(46)32(17)50-7)36-27-28(35-34(52-16-53-35)18(2)33(27)54-19(3)44)39(43,4)14-51-38(48)40(15-55-36)22-13-25(49-6)24(45)12-20(22)8-9-41-40/h10,12-13,23,29-30,36-37,41,45-47H,8-9,11,14-16H2,1-7H3/t23?,29?,30-,36-,37+,39?,40-/m1/s1. The number of hydrogen-bond donors (Lipinski definition) is 4. The molecule has 4 N–H and O–H groups in total. The van der Waals surface area contributed by atoms with Crippen LogP contribution in [0.2, 0.25) is 0 Å². The molecule has 2 saturated heterocycles. The molecule has 0 amide bonds. The number of ether oxygens (including phenoxy) is 6. The summed E-state index contributed by atoms with van der Waals surface area (Å²) < 4.78 is 36.2. The molecule has 4 bridgehead atoms. The molecule has 1 spiro atoms. The van der Waals surface area contributed by atoms with Crippen LogP contribution >= 0.6 is 11.8 Å². The van der Waals surface area contributed by atoms with Gasteiger partial charge >= 0.3 is 11.9 Å². The van der Waals surface area contributed by atoms with Gasteiger partial charge in [0, 0.05) is 47.5 Å². The van der Waals surface area contributed by atoms with E-state index in [1.165, 1.54) is 32.9 Å². The number of aliphatic hydroxyl groups is 1. The minimum atomic E-state index is -1.38. The van der Waals surface area contributed by atoms with Crippen molar-refractivity contribution < 1.29 is 53.3 Å². The van der Waals surface area contributed by atoms with Gasteiger partial charge in [0.05, 0.1) is 37.1 Å². The summed E-state index contributed by atoms with van der Waals surface area (Å²) in [6, 6.07) is 3.85. The van der Waals surface area contributed by atoms with E-state index in [9.17, 15) is 24.9 Å². The van der Waals surface area contributed by atoms with Crippen molar-refractivity contribution in [2.75, 3.05) is 47.0 Å². The first kappa shape index (κ1) is 36.2. The first-order chi connectivity index (χ1) is 26.3. The molecule has 7 aliphatic heterocycles. The average Bonchev–Trinajstić information content (AvgIpc) is 3.63. The minimum absolute atomic E-state index is 0.0249. The molecule has 3 unspecified atom stereocenters. The molecule has 2 fully saturated rings. The Bertz CT molecular complexity index is 2180. The first-order valence-corrected chi connectivity index (χ1v) is 19.5. The van der Waals surface area contributed by atoms with Gasteiger partial charge in [-0.25, -0.2) is 4.79 Å². The second-order valence-electron chi connectivity index (χ2n) is 15.6. The maximum Gasteiger partial charge on any atom is 0.331 e. The highest BCUT2D eigenvalue weighted by Gasteiger charge is 2.65. The first-order valence-electron chi connectivity index (χ1n) is 18.4. The van der Waals surface area contributed by atoms with Crippen LogP contribution in [0, 0.1) is 13.8 Å². The summed E-state index contributed by atoms with van der Waals surface area (Å²) in [5.74, 6) is 0.888. The molecule has 292 valence electrons. The van der Waals surface area contributed by atoms with Gasteiger partial charge in [0.25, 0.3) is 0 Å². The van der Waals surface area contributed by atoms with Gasteiger partial charge in [-0.3, -0.25) is 19.9 Å². The van der Waals surface area contributed by atoms with Crippen LogP contribution in [0.15, 0.2) is 18.2 Å². The van der Waals surface area contributed by atoms with Crippen LogP contribution in [0.4, 0.5) is 0 Å².